The lowest BCUT2D eigenvalue weighted by atomic mass is 9.99. The lowest BCUT2D eigenvalue weighted by molar-refractivity contribution is 0.0921. The third kappa shape index (κ3) is 8.78. The highest BCUT2D eigenvalue weighted by atomic mass is 16.5. The van der Waals surface area contributed by atoms with Gasteiger partial charge < -0.3 is 45.4 Å². The molecule has 0 saturated heterocycles. The van der Waals surface area contributed by atoms with Crippen LogP contribution in [0.2, 0.25) is 0 Å². The van der Waals surface area contributed by atoms with Crippen LogP contribution in [0.4, 0.5) is 4.79 Å². The summed E-state index contributed by atoms with van der Waals surface area (Å²) in [6.45, 7) is 1.40. The van der Waals surface area contributed by atoms with Gasteiger partial charge in [0.05, 0.1) is 17.7 Å². The number of amides is 2. The van der Waals surface area contributed by atoms with Gasteiger partial charge in [0.25, 0.3) is 5.91 Å². The molecule has 0 aliphatic rings. The maximum atomic E-state index is 12.6. The van der Waals surface area contributed by atoms with Crippen molar-refractivity contribution in [3.63, 3.8) is 0 Å². The molecule has 0 bridgehead atoms. The second-order valence-electron chi connectivity index (χ2n) is 10.9. The van der Waals surface area contributed by atoms with Crippen LogP contribution in [-0.2, 0) is 6.61 Å². The van der Waals surface area contributed by atoms with E-state index in [-0.39, 0.29) is 41.6 Å². The topological polar surface area (TPSA) is 186 Å². The second-order valence-corrected chi connectivity index (χ2v) is 10.9. The molecule has 12 nitrogen and oxygen atoms in total. The van der Waals surface area contributed by atoms with Crippen LogP contribution in [0.3, 0.4) is 0 Å². The fraction of sp³-hybridized carbons (Fsp3) is 0.229. The summed E-state index contributed by atoms with van der Waals surface area (Å²) in [5, 5.41) is 39.2. The summed E-state index contributed by atoms with van der Waals surface area (Å²) < 4.78 is 11.6. The van der Waals surface area contributed by atoms with E-state index in [1.165, 1.54) is 12.1 Å². The molecule has 3 aromatic carbocycles. The molecule has 2 unspecified atom stereocenters. The first kappa shape index (κ1) is 32.8. The van der Waals surface area contributed by atoms with Crippen LogP contribution >= 0.6 is 0 Å². The fourth-order valence-electron chi connectivity index (χ4n) is 5.21. The van der Waals surface area contributed by atoms with Crippen molar-refractivity contribution in [3.8, 4) is 11.5 Å². The molecule has 2 atom stereocenters. The summed E-state index contributed by atoms with van der Waals surface area (Å²) in [6, 6.07) is 25.1. The minimum absolute atomic E-state index is 0.0600. The number of aliphatic hydroxyl groups excluding tert-OH is 1. The molecule has 244 valence electrons. The van der Waals surface area contributed by atoms with Crippen molar-refractivity contribution in [2.24, 2.45) is 0 Å². The van der Waals surface area contributed by atoms with Crippen LogP contribution in [0, 0.1) is 0 Å². The lowest BCUT2D eigenvalue weighted by Gasteiger charge is -2.18. The quantitative estimate of drug-likeness (QED) is 0.0804. The molecule has 0 spiro atoms. The molecule has 47 heavy (non-hydrogen) atoms. The van der Waals surface area contributed by atoms with Gasteiger partial charge in [0.2, 0.25) is 5.56 Å². The number of aromatic nitrogens is 1. The molecule has 0 aliphatic carbocycles. The number of unbranched alkanes of at least 4 members (excludes halogenated alkanes) is 1. The molecule has 5 rings (SSSR count). The van der Waals surface area contributed by atoms with Crippen molar-refractivity contribution >= 4 is 22.9 Å². The van der Waals surface area contributed by atoms with Crippen LogP contribution in [0.1, 0.15) is 58.0 Å². The number of pyridine rings is 1. The maximum absolute atomic E-state index is 12.6. The number of hydrogen-bond acceptors (Lipinski definition) is 8. The fourth-order valence-corrected chi connectivity index (χ4v) is 5.21. The molecule has 2 aromatic heterocycles. The highest BCUT2D eigenvalue weighted by Gasteiger charge is 2.18. The van der Waals surface area contributed by atoms with E-state index in [4.69, 9.17) is 9.15 Å². The van der Waals surface area contributed by atoms with Crippen LogP contribution in [-0.4, -0.2) is 51.9 Å². The number of benzene rings is 3. The van der Waals surface area contributed by atoms with Gasteiger partial charge in [-0.3, -0.25) is 9.59 Å². The van der Waals surface area contributed by atoms with Gasteiger partial charge in [-0.2, -0.15) is 0 Å². The first-order chi connectivity index (χ1) is 22.8. The number of aromatic hydroxyl groups is 1. The number of aliphatic hydroxyl groups is 1. The summed E-state index contributed by atoms with van der Waals surface area (Å²) in [7, 11) is 0. The van der Waals surface area contributed by atoms with Crippen LogP contribution < -0.4 is 26.2 Å². The van der Waals surface area contributed by atoms with Gasteiger partial charge in [0.1, 0.15) is 23.9 Å². The number of furan rings is 1. The van der Waals surface area contributed by atoms with E-state index in [0.717, 1.165) is 12.0 Å². The smallest absolute Gasteiger partial charge is 0.405 e. The number of carbonyl (C=O) groups is 2. The van der Waals surface area contributed by atoms with Crippen LogP contribution in [0.15, 0.2) is 100 Å². The van der Waals surface area contributed by atoms with E-state index in [9.17, 15) is 29.7 Å². The molecule has 0 radical (unpaired) electrons. The number of hydrogen-bond donors (Lipinski definition) is 7. The molecule has 12 heteroatoms. The van der Waals surface area contributed by atoms with Gasteiger partial charge in [-0.1, -0.05) is 48.5 Å². The molecule has 5 aromatic rings. The van der Waals surface area contributed by atoms with E-state index in [2.05, 4.69) is 20.9 Å². The first-order valence-electron chi connectivity index (χ1n) is 15.2. The number of nitrogens with one attached hydrogen (secondary N) is 4. The average molecular weight is 641 g/mol. The van der Waals surface area contributed by atoms with Crippen molar-refractivity contribution in [3.05, 3.63) is 130 Å². The Kier molecular flexibility index (Phi) is 10.9. The summed E-state index contributed by atoms with van der Waals surface area (Å²) in [4.78, 5) is 38.2. The Morgan fingerprint density at radius 3 is 2.49 bits per heavy atom. The standard InChI is InChI=1S/C35H36N4O8/c40-28-14-12-26(27-13-16-31(42)38-33(27)28)29(41)20-36-17-4-5-18-37-34(43)30-15-11-25(47-30)21-46-24-10-6-9-23(19-24)32(39-35(44)45)22-7-2-1-3-8-22/h1-3,6-16,19,29,32,36,39-41H,4-5,17-18,20-21H2,(H,37,43)(H,38,42)(H,44,45). The number of phenolic OH excluding ortho intramolecular Hbond substituents is 1. The average Bonchev–Trinajstić information content (AvgIpc) is 3.56. The predicted octanol–water partition coefficient (Wildman–Crippen LogP) is 4.60. The zero-order valence-corrected chi connectivity index (χ0v) is 25.4. The lowest BCUT2D eigenvalue weighted by Crippen LogP contribution is -2.27. The van der Waals surface area contributed by atoms with Gasteiger partial charge in [0, 0.05) is 24.5 Å². The SMILES string of the molecule is O=C(O)NC(c1ccccc1)c1cccc(OCc2ccc(C(=O)NCCCCNCC(O)c3ccc(O)c4[nH]c(=O)ccc34)o2)c1. The predicted molar refractivity (Wildman–Crippen MR) is 175 cm³/mol. The molecule has 0 fully saturated rings. The Labute approximate surface area is 270 Å². The van der Waals surface area contributed by atoms with E-state index < -0.39 is 18.2 Å². The van der Waals surface area contributed by atoms with Crippen molar-refractivity contribution in [1.29, 1.82) is 0 Å². The monoisotopic (exact) mass is 640 g/mol. The third-order valence-electron chi connectivity index (χ3n) is 7.53. The number of ether oxygens (including phenoxy) is 1. The van der Waals surface area contributed by atoms with E-state index >= 15 is 0 Å². The second kappa shape index (κ2) is 15.6. The molecule has 2 heterocycles. The minimum Gasteiger partial charge on any atom is -0.506 e. The van der Waals surface area contributed by atoms with Crippen molar-refractivity contribution in [2.75, 3.05) is 19.6 Å². The summed E-state index contributed by atoms with van der Waals surface area (Å²) >= 11 is 0. The Balaban J connectivity index is 1.03. The number of fused-ring (bicyclic) bond motifs is 1. The summed E-state index contributed by atoms with van der Waals surface area (Å²) in [6.07, 6.45) is -0.531. The third-order valence-corrected chi connectivity index (χ3v) is 7.53. The van der Waals surface area contributed by atoms with Crippen molar-refractivity contribution in [1.82, 2.24) is 20.9 Å². The number of aromatic amines is 1. The molecule has 7 N–H and O–H groups in total. The molecule has 0 aliphatic heterocycles. The minimum atomic E-state index is -1.14. The van der Waals surface area contributed by atoms with Gasteiger partial charge in [-0.15, -0.1) is 0 Å². The number of rotatable bonds is 15. The van der Waals surface area contributed by atoms with Gasteiger partial charge in [0.15, 0.2) is 5.76 Å². The normalized spacial score (nSPS) is 12.4. The molecular formula is C35H36N4O8. The van der Waals surface area contributed by atoms with Crippen LogP contribution in [0.25, 0.3) is 10.9 Å². The van der Waals surface area contributed by atoms with Gasteiger partial charge in [-0.05, 0) is 72.5 Å². The number of carboxylic acid groups (broad SMARTS) is 1. The molecule has 2 amide bonds. The Hall–Kier alpha value is -5.59. The zero-order chi connectivity index (χ0) is 33.2. The van der Waals surface area contributed by atoms with E-state index in [1.54, 1.807) is 42.5 Å². The van der Waals surface area contributed by atoms with E-state index in [1.807, 2.05) is 36.4 Å². The number of carbonyl (C=O) groups excluding carboxylic acids is 1. The Bertz CT molecular complexity index is 1870. The van der Waals surface area contributed by atoms with Gasteiger partial charge >= 0.3 is 6.09 Å². The highest BCUT2D eigenvalue weighted by molar-refractivity contribution is 5.91. The zero-order valence-electron chi connectivity index (χ0n) is 25.4. The summed E-state index contributed by atoms with van der Waals surface area (Å²) in [5.74, 6) is 0.738. The largest absolute Gasteiger partial charge is 0.506 e. The molecular weight excluding hydrogens is 604 g/mol. The number of H-pyrrole nitrogens is 1. The van der Waals surface area contributed by atoms with Crippen molar-refractivity contribution < 1.29 is 34.1 Å². The number of phenols is 1. The van der Waals surface area contributed by atoms with E-state index in [0.29, 0.717) is 47.5 Å². The van der Waals surface area contributed by atoms with Crippen molar-refractivity contribution in [2.45, 2.75) is 31.6 Å². The Morgan fingerprint density at radius 2 is 1.68 bits per heavy atom. The molecule has 0 saturated carbocycles. The Morgan fingerprint density at radius 1 is 0.894 bits per heavy atom. The van der Waals surface area contributed by atoms with Gasteiger partial charge in [-0.25, -0.2) is 4.79 Å². The van der Waals surface area contributed by atoms with Crippen LogP contribution in [0.5, 0.6) is 11.5 Å². The summed E-state index contributed by atoms with van der Waals surface area (Å²) in [5.41, 5.74) is 2.05. The maximum Gasteiger partial charge on any atom is 0.405 e. The highest BCUT2D eigenvalue weighted by Crippen LogP contribution is 2.29. The first-order valence-corrected chi connectivity index (χ1v) is 15.2.